The second-order valence-corrected chi connectivity index (χ2v) is 6.81. The molecule has 3 heterocycles. The van der Waals surface area contributed by atoms with Gasteiger partial charge in [0.1, 0.15) is 6.26 Å². The van der Waals surface area contributed by atoms with Crippen molar-refractivity contribution in [3.8, 4) is 0 Å². The monoisotopic (exact) mass is 407 g/mol. The summed E-state index contributed by atoms with van der Waals surface area (Å²) in [4.78, 5) is 21.1. The number of amides is 1. The van der Waals surface area contributed by atoms with Crippen molar-refractivity contribution in [3.63, 3.8) is 0 Å². The van der Waals surface area contributed by atoms with E-state index in [-0.39, 0.29) is 5.91 Å². The van der Waals surface area contributed by atoms with E-state index in [0.29, 0.717) is 23.3 Å². The van der Waals surface area contributed by atoms with E-state index in [4.69, 9.17) is 9.15 Å². The maximum absolute atomic E-state index is 12.8. The van der Waals surface area contributed by atoms with Gasteiger partial charge in [-0.05, 0) is 40.0 Å². The van der Waals surface area contributed by atoms with E-state index in [9.17, 15) is 4.79 Å². The van der Waals surface area contributed by atoms with Crippen LogP contribution in [0.1, 0.15) is 22.3 Å². The molecule has 1 saturated heterocycles. The molecule has 1 aliphatic heterocycles. The van der Waals surface area contributed by atoms with Gasteiger partial charge in [0.05, 0.1) is 18.8 Å². The van der Waals surface area contributed by atoms with Crippen molar-refractivity contribution in [1.29, 1.82) is 0 Å². The highest BCUT2D eigenvalue weighted by molar-refractivity contribution is 9.10. The third kappa shape index (κ3) is 5.39. The van der Waals surface area contributed by atoms with Crippen molar-refractivity contribution in [1.82, 2.24) is 14.8 Å². The summed E-state index contributed by atoms with van der Waals surface area (Å²) in [5.41, 5.74) is 1.63. The fourth-order valence-corrected chi connectivity index (χ4v) is 3.22. The number of halogens is 1. The highest BCUT2D eigenvalue weighted by atomic mass is 79.9. The van der Waals surface area contributed by atoms with Gasteiger partial charge in [-0.25, -0.2) is 0 Å². The highest BCUT2D eigenvalue weighted by Crippen LogP contribution is 2.17. The molecule has 0 spiro atoms. The third-order valence-electron chi connectivity index (χ3n) is 4.23. The Morgan fingerprint density at radius 2 is 2.04 bits per heavy atom. The number of rotatable bonds is 7. The number of aromatic nitrogens is 1. The second-order valence-electron chi connectivity index (χ2n) is 6.03. The molecule has 0 aliphatic carbocycles. The summed E-state index contributed by atoms with van der Waals surface area (Å²) in [6.07, 6.45) is 5.92. The number of morpholine rings is 1. The van der Waals surface area contributed by atoms with Gasteiger partial charge in [0, 0.05) is 51.2 Å². The van der Waals surface area contributed by atoms with Gasteiger partial charge in [-0.3, -0.25) is 14.7 Å². The largest absolute Gasteiger partial charge is 0.457 e. The van der Waals surface area contributed by atoms with E-state index in [1.54, 1.807) is 18.5 Å². The minimum atomic E-state index is -0.0201. The zero-order chi connectivity index (χ0) is 17.5. The summed E-state index contributed by atoms with van der Waals surface area (Å²) >= 11 is 3.26. The average molecular weight is 408 g/mol. The molecule has 0 N–H and O–H groups in total. The Hall–Kier alpha value is -1.70. The predicted molar refractivity (Wildman–Crippen MR) is 97.3 cm³/mol. The van der Waals surface area contributed by atoms with Crippen molar-refractivity contribution >= 4 is 21.8 Å². The summed E-state index contributed by atoms with van der Waals surface area (Å²) in [6, 6.07) is 5.59. The maximum Gasteiger partial charge on any atom is 0.257 e. The fraction of sp³-hybridized carbons (Fsp3) is 0.444. The maximum atomic E-state index is 12.8. The van der Waals surface area contributed by atoms with Crippen LogP contribution in [0.25, 0.3) is 0 Å². The van der Waals surface area contributed by atoms with Gasteiger partial charge >= 0.3 is 0 Å². The number of carbonyl (C=O) groups is 1. The smallest absolute Gasteiger partial charge is 0.257 e. The molecule has 2 aromatic heterocycles. The van der Waals surface area contributed by atoms with E-state index in [2.05, 4.69) is 25.8 Å². The van der Waals surface area contributed by atoms with Gasteiger partial charge in [-0.15, -0.1) is 0 Å². The Morgan fingerprint density at radius 1 is 1.28 bits per heavy atom. The van der Waals surface area contributed by atoms with Crippen LogP contribution in [-0.2, 0) is 11.3 Å². The zero-order valence-electron chi connectivity index (χ0n) is 14.1. The lowest BCUT2D eigenvalue weighted by molar-refractivity contribution is 0.0355. The first-order chi connectivity index (χ1) is 12.2. The van der Waals surface area contributed by atoms with Gasteiger partial charge < -0.3 is 14.1 Å². The third-order valence-corrected chi connectivity index (χ3v) is 4.65. The van der Waals surface area contributed by atoms with Crippen LogP contribution in [-0.4, -0.2) is 60.1 Å². The Balaban J connectivity index is 1.62. The normalized spacial score (nSPS) is 15.2. The summed E-state index contributed by atoms with van der Waals surface area (Å²) in [5, 5.41) is 0. The van der Waals surface area contributed by atoms with Crippen LogP contribution in [0.4, 0.5) is 0 Å². The topological polar surface area (TPSA) is 58.8 Å². The van der Waals surface area contributed by atoms with Crippen molar-refractivity contribution in [3.05, 3.63) is 52.7 Å². The molecule has 134 valence electrons. The van der Waals surface area contributed by atoms with Gasteiger partial charge in [0.25, 0.3) is 5.91 Å². The van der Waals surface area contributed by atoms with E-state index in [1.165, 1.54) is 6.26 Å². The van der Waals surface area contributed by atoms with E-state index < -0.39 is 0 Å². The van der Waals surface area contributed by atoms with E-state index in [0.717, 1.165) is 44.8 Å². The first-order valence-corrected chi connectivity index (χ1v) is 9.24. The predicted octanol–water partition coefficient (Wildman–Crippen LogP) is 2.80. The molecule has 0 bridgehead atoms. The highest BCUT2D eigenvalue weighted by Gasteiger charge is 2.19. The Bertz CT molecular complexity index is 671. The molecule has 0 unspecified atom stereocenters. The summed E-state index contributed by atoms with van der Waals surface area (Å²) < 4.78 is 11.2. The molecule has 0 saturated carbocycles. The van der Waals surface area contributed by atoms with Crippen LogP contribution < -0.4 is 0 Å². The Labute approximate surface area is 155 Å². The number of hydrogen-bond donors (Lipinski definition) is 0. The molecule has 0 aromatic carbocycles. The van der Waals surface area contributed by atoms with Gasteiger partial charge in [0.15, 0.2) is 4.67 Å². The number of carbonyl (C=O) groups excluding carboxylic acids is 1. The molecule has 7 heteroatoms. The van der Waals surface area contributed by atoms with Crippen molar-refractivity contribution in [2.24, 2.45) is 0 Å². The minimum absolute atomic E-state index is 0.0201. The minimum Gasteiger partial charge on any atom is -0.457 e. The molecule has 1 amide bonds. The van der Waals surface area contributed by atoms with Crippen LogP contribution in [0.3, 0.4) is 0 Å². The van der Waals surface area contributed by atoms with Crippen LogP contribution in [0.2, 0.25) is 0 Å². The van der Waals surface area contributed by atoms with E-state index in [1.807, 2.05) is 17.0 Å². The second kappa shape index (κ2) is 9.12. The zero-order valence-corrected chi connectivity index (χ0v) is 15.7. The Morgan fingerprint density at radius 3 is 2.72 bits per heavy atom. The molecular weight excluding hydrogens is 386 g/mol. The van der Waals surface area contributed by atoms with Crippen LogP contribution in [0.15, 0.2) is 45.9 Å². The molecule has 1 aliphatic rings. The standard InChI is InChI=1S/C18H22BrN3O3/c19-17-12-16(14-25-17)18(23)22(13-15-2-4-20-5-3-15)7-1-6-21-8-10-24-11-9-21/h2-5,12,14H,1,6-11,13H2. The molecule has 25 heavy (non-hydrogen) atoms. The lowest BCUT2D eigenvalue weighted by atomic mass is 10.2. The fourth-order valence-electron chi connectivity index (χ4n) is 2.88. The quantitative estimate of drug-likeness (QED) is 0.705. The van der Waals surface area contributed by atoms with Crippen molar-refractivity contribution < 1.29 is 13.9 Å². The van der Waals surface area contributed by atoms with Gasteiger partial charge in [-0.2, -0.15) is 0 Å². The Kier molecular flexibility index (Phi) is 6.61. The molecule has 3 rings (SSSR count). The SMILES string of the molecule is O=C(c1coc(Br)c1)N(CCCN1CCOCC1)Cc1ccncc1. The number of pyridine rings is 1. The molecule has 0 atom stereocenters. The van der Waals surface area contributed by atoms with Crippen molar-refractivity contribution in [2.45, 2.75) is 13.0 Å². The molecule has 2 aromatic rings. The average Bonchev–Trinajstić information content (AvgIpc) is 3.08. The lowest BCUT2D eigenvalue weighted by Gasteiger charge is -2.28. The first-order valence-electron chi connectivity index (χ1n) is 8.45. The number of ether oxygens (including phenoxy) is 1. The summed E-state index contributed by atoms with van der Waals surface area (Å²) in [5.74, 6) is -0.0201. The lowest BCUT2D eigenvalue weighted by Crippen LogP contribution is -2.39. The van der Waals surface area contributed by atoms with Gasteiger partial charge in [-0.1, -0.05) is 0 Å². The van der Waals surface area contributed by atoms with Crippen LogP contribution in [0, 0.1) is 0 Å². The number of nitrogens with zero attached hydrogens (tertiary/aromatic N) is 3. The molecule has 0 radical (unpaired) electrons. The molecule has 1 fully saturated rings. The molecular formula is C18H22BrN3O3. The molecule has 6 nitrogen and oxygen atoms in total. The first kappa shape index (κ1) is 18.1. The van der Waals surface area contributed by atoms with Crippen molar-refractivity contribution in [2.75, 3.05) is 39.4 Å². The van der Waals surface area contributed by atoms with Crippen LogP contribution >= 0.6 is 15.9 Å². The number of furan rings is 1. The van der Waals surface area contributed by atoms with E-state index >= 15 is 0 Å². The van der Waals surface area contributed by atoms with Gasteiger partial charge in [0.2, 0.25) is 0 Å². The summed E-state index contributed by atoms with van der Waals surface area (Å²) in [6.45, 7) is 5.75. The van der Waals surface area contributed by atoms with Crippen LogP contribution in [0.5, 0.6) is 0 Å². The number of hydrogen-bond acceptors (Lipinski definition) is 5. The summed E-state index contributed by atoms with van der Waals surface area (Å²) in [7, 11) is 0.